The Labute approximate surface area is 509 Å². The molecule has 4 aliphatic heterocycles. The number of rotatable bonds is 18. The molecule has 4 aliphatic rings. The van der Waals surface area contributed by atoms with Crippen molar-refractivity contribution in [3.8, 4) is 0 Å². The molecular weight excluding hydrogens is 1080 g/mol. The van der Waals surface area contributed by atoms with E-state index < -0.39 is 95.6 Å². The first-order valence-corrected chi connectivity index (χ1v) is 24.5. The average molecular weight is 1120 g/mol. The molecule has 2 fully saturated rings. The summed E-state index contributed by atoms with van der Waals surface area (Å²) >= 11 is 4.56. The van der Waals surface area contributed by atoms with Crippen LogP contribution in [-0.4, -0.2) is 164 Å². The molecule has 6 N–H and O–H groups in total. The van der Waals surface area contributed by atoms with Gasteiger partial charge >= 0.3 is 115 Å². The largest absolute Gasteiger partial charge is 1.00 e. The molecule has 32 heteroatoms. The van der Waals surface area contributed by atoms with Gasteiger partial charge in [-0.05, 0) is 57.0 Å². The third kappa shape index (κ3) is 13.6. The van der Waals surface area contributed by atoms with Crippen molar-refractivity contribution in [3.63, 3.8) is 0 Å². The number of hydrogen-bond donors (Lipinski definition) is 6. The number of thioether (sulfide) groups is 4. The molecule has 0 radical (unpaired) electrons. The minimum absolute atomic E-state index is 0. The molecule has 0 bridgehead atoms. The van der Waals surface area contributed by atoms with Gasteiger partial charge in [-0.2, -0.15) is 0 Å². The number of hydrogen-bond acceptors (Lipinski definition) is 22. The Morgan fingerprint density at radius 3 is 1.39 bits per heavy atom. The molecule has 2 unspecified atom stereocenters. The SMILES string of the molecule is Cc1cccc([C@@H](O)C(=O)NC2C(=O)N3C(C(=O)[O-])=C(CSc4nnnn4CC(=O)O)CS[C@H]23)c1.Cc1cccc([C@@H](O)C(=O)NC2C(=O)N3C(C(=O)[O-])=C(CSc4nnnn4CC(=O)O)CS[C@H]23)c1.[K+].[K+]. The second-order valence-electron chi connectivity index (χ2n) is 15.5. The van der Waals surface area contributed by atoms with Gasteiger partial charge in [-0.3, -0.25) is 38.6 Å². The second kappa shape index (κ2) is 26.3. The van der Waals surface area contributed by atoms with E-state index in [9.17, 15) is 58.8 Å². The number of aryl methyl sites for hydroxylation is 2. The van der Waals surface area contributed by atoms with E-state index in [0.29, 0.717) is 22.3 Å². The molecule has 0 spiro atoms. The van der Waals surface area contributed by atoms with E-state index in [0.717, 1.165) is 53.8 Å². The van der Waals surface area contributed by atoms with Gasteiger partial charge in [-0.25, -0.2) is 9.36 Å². The first-order valence-electron chi connectivity index (χ1n) is 20.4. The van der Waals surface area contributed by atoms with Gasteiger partial charge in [-0.1, -0.05) is 83.2 Å². The molecule has 0 saturated carbocycles. The van der Waals surface area contributed by atoms with Crippen molar-refractivity contribution >= 4 is 94.6 Å². The van der Waals surface area contributed by atoms with Crippen molar-refractivity contribution in [1.82, 2.24) is 60.8 Å². The third-order valence-corrected chi connectivity index (χ3v) is 15.4. The summed E-state index contributed by atoms with van der Waals surface area (Å²) in [6.45, 7) is 2.71. The van der Waals surface area contributed by atoms with Crippen LogP contribution >= 0.6 is 47.0 Å². The summed E-state index contributed by atoms with van der Waals surface area (Å²) < 4.78 is 2.12. The molecule has 72 heavy (non-hydrogen) atoms. The maximum atomic E-state index is 12.8. The first kappa shape index (κ1) is 59.3. The van der Waals surface area contributed by atoms with Gasteiger partial charge in [0.05, 0.1) is 23.3 Å². The maximum Gasteiger partial charge on any atom is 1.00 e. The van der Waals surface area contributed by atoms with Crippen LogP contribution in [-0.2, 0) is 51.4 Å². The third-order valence-electron chi connectivity index (χ3n) is 10.6. The van der Waals surface area contributed by atoms with E-state index in [2.05, 4.69) is 41.7 Å². The fourth-order valence-corrected chi connectivity index (χ4v) is 12.1. The summed E-state index contributed by atoms with van der Waals surface area (Å²) in [7, 11) is 0. The summed E-state index contributed by atoms with van der Waals surface area (Å²) in [5, 5.41) is 87.9. The first-order chi connectivity index (χ1) is 33.3. The second-order valence-corrected chi connectivity index (χ2v) is 19.6. The molecule has 4 aromatic rings. The number of carbonyl (C=O) groups is 8. The van der Waals surface area contributed by atoms with Crippen LogP contribution in [0.2, 0.25) is 0 Å². The Morgan fingerprint density at radius 2 is 1.06 bits per heavy atom. The number of nitrogens with one attached hydrogen (secondary N) is 2. The molecule has 8 rings (SSSR count). The van der Waals surface area contributed by atoms with Crippen molar-refractivity contribution in [1.29, 1.82) is 0 Å². The quantitative estimate of drug-likeness (QED) is 0.0306. The molecule has 4 amide bonds. The molecule has 6 heterocycles. The van der Waals surface area contributed by atoms with Gasteiger partial charge in [0.1, 0.15) is 35.9 Å². The van der Waals surface area contributed by atoms with E-state index in [1.165, 1.54) is 23.5 Å². The summed E-state index contributed by atoms with van der Waals surface area (Å²) in [5.74, 6) is -7.58. The molecule has 368 valence electrons. The summed E-state index contributed by atoms with van der Waals surface area (Å²) in [5.41, 5.74) is 2.62. The number of aromatic nitrogens is 8. The number of aliphatic hydroxyl groups excluding tert-OH is 2. The van der Waals surface area contributed by atoms with E-state index in [-0.39, 0.29) is 147 Å². The molecular formula is C40H38K2N12O14S4. The van der Waals surface area contributed by atoms with Gasteiger partial charge in [0.2, 0.25) is 10.3 Å². The number of β-lactam (4-membered cyclic amide) rings is 2. The minimum Gasteiger partial charge on any atom is -0.543 e. The molecule has 6 atom stereocenters. The molecule has 2 aromatic heterocycles. The van der Waals surface area contributed by atoms with Crippen LogP contribution in [0.4, 0.5) is 0 Å². The number of fused-ring (bicyclic) bond motifs is 2. The zero-order chi connectivity index (χ0) is 50.6. The van der Waals surface area contributed by atoms with E-state index >= 15 is 0 Å². The predicted molar refractivity (Wildman–Crippen MR) is 239 cm³/mol. The van der Waals surface area contributed by atoms with Crippen molar-refractivity contribution in [2.24, 2.45) is 0 Å². The van der Waals surface area contributed by atoms with Crippen molar-refractivity contribution < 1.29 is 172 Å². The fraction of sp³-hybridized carbons (Fsp3) is 0.350. The monoisotopic (exact) mass is 1120 g/mol. The summed E-state index contributed by atoms with van der Waals surface area (Å²) in [6.07, 6.45) is -2.96. The normalized spacial score (nSPS) is 19.6. The Kier molecular flexibility index (Phi) is 21.6. The number of aliphatic hydroxyl groups is 2. The number of carboxylic acids is 4. The van der Waals surface area contributed by atoms with Gasteiger partial charge < -0.3 is 50.9 Å². The van der Waals surface area contributed by atoms with Crippen molar-refractivity contribution in [3.05, 3.63) is 93.3 Å². The number of amides is 4. The molecule has 2 saturated heterocycles. The number of nitrogens with zero attached hydrogens (tertiary/aromatic N) is 10. The Balaban J connectivity index is 0.000000260. The Bertz CT molecular complexity index is 2670. The Hall–Kier alpha value is -3.59. The van der Waals surface area contributed by atoms with Crippen LogP contribution in [0.1, 0.15) is 34.5 Å². The van der Waals surface area contributed by atoms with Crippen molar-refractivity contribution in [2.45, 2.75) is 72.3 Å². The van der Waals surface area contributed by atoms with Gasteiger partial charge in [0.25, 0.3) is 23.6 Å². The van der Waals surface area contributed by atoms with E-state index in [4.69, 9.17) is 10.2 Å². The predicted octanol–water partition coefficient (Wildman–Crippen LogP) is -9.40. The molecule has 2 aromatic carbocycles. The standard InChI is InChI=1S/2C20H20N6O7S2.2K/c2*1-9-3-2-4-10(5-9)15(29)16(30)21-13-17(31)26-14(19(32)33)11(7-34-18(13)26)8-35-20-22-23-24-25(20)6-12(27)28;;/h2*2-5,13,15,18,29H,6-8H2,1H3,(H,21,30)(H,27,28)(H,32,33);;/q;;2*+1/p-2/t2*13?,15-,18-;;/m11../s1. The number of carboxylic acid groups (broad SMARTS) is 4. The van der Waals surface area contributed by atoms with Gasteiger partial charge in [0.15, 0.2) is 12.2 Å². The summed E-state index contributed by atoms with van der Waals surface area (Å²) in [6, 6.07) is 11.5. The van der Waals surface area contributed by atoms with Crippen LogP contribution in [0, 0.1) is 13.8 Å². The number of tetrazole rings is 2. The van der Waals surface area contributed by atoms with Crippen LogP contribution in [0.25, 0.3) is 0 Å². The maximum absolute atomic E-state index is 12.8. The summed E-state index contributed by atoms with van der Waals surface area (Å²) in [4.78, 5) is 98.4. The number of aliphatic carboxylic acids is 4. The Morgan fingerprint density at radius 1 is 0.681 bits per heavy atom. The molecule has 0 aliphatic carbocycles. The van der Waals surface area contributed by atoms with E-state index in [1.807, 2.05) is 26.0 Å². The average Bonchev–Trinajstić information content (AvgIpc) is 3.97. The van der Waals surface area contributed by atoms with Gasteiger partial charge in [-0.15, -0.1) is 33.7 Å². The topological polar surface area (TPSA) is 381 Å². The minimum atomic E-state index is -1.55. The van der Waals surface area contributed by atoms with Crippen LogP contribution < -0.4 is 124 Å². The van der Waals surface area contributed by atoms with Crippen molar-refractivity contribution in [2.75, 3.05) is 23.0 Å². The number of benzene rings is 2. The fourth-order valence-electron chi connectivity index (χ4n) is 7.37. The zero-order valence-electron chi connectivity index (χ0n) is 38.3. The number of carbonyl (C=O) groups excluding carboxylic acids is 6. The van der Waals surface area contributed by atoms with Crippen LogP contribution in [0.3, 0.4) is 0 Å². The smallest absolute Gasteiger partial charge is 0.543 e. The van der Waals surface area contributed by atoms with Crippen LogP contribution in [0.15, 0.2) is 81.4 Å². The zero-order valence-corrected chi connectivity index (χ0v) is 47.8. The van der Waals surface area contributed by atoms with Crippen LogP contribution in [0.5, 0.6) is 0 Å². The van der Waals surface area contributed by atoms with E-state index in [1.54, 1.807) is 36.4 Å². The molecule has 26 nitrogen and oxygen atoms in total. The van der Waals surface area contributed by atoms with Gasteiger partial charge in [0, 0.05) is 23.0 Å².